The summed E-state index contributed by atoms with van der Waals surface area (Å²) in [7, 11) is 0. The Morgan fingerprint density at radius 2 is 2.12 bits per heavy atom. The van der Waals surface area contributed by atoms with E-state index in [-0.39, 0.29) is 0 Å². The number of aliphatic imine (C=N–C) groups is 1. The largest absolute Gasteiger partial charge is 0.362 e. The molecule has 2 nitrogen and oxygen atoms in total. The normalized spacial score (nSPS) is 26.1. The van der Waals surface area contributed by atoms with E-state index in [2.05, 4.69) is 31.1 Å². The highest BCUT2D eigenvalue weighted by Crippen LogP contribution is 2.34. The molecule has 2 unspecified atom stereocenters. The van der Waals surface area contributed by atoms with Crippen LogP contribution in [-0.4, -0.2) is 23.0 Å². The van der Waals surface area contributed by atoms with Gasteiger partial charge in [0.1, 0.15) is 0 Å². The van der Waals surface area contributed by atoms with Gasteiger partial charge in [0.15, 0.2) is 5.17 Å². The second-order valence-corrected chi connectivity index (χ2v) is 7.23. The van der Waals surface area contributed by atoms with Crippen LogP contribution in [0.4, 0.5) is 0 Å². The van der Waals surface area contributed by atoms with Crippen molar-refractivity contribution in [3.8, 4) is 0 Å². The molecule has 0 bridgehead atoms. The lowest BCUT2D eigenvalue weighted by Gasteiger charge is -2.18. The number of rotatable bonds is 6. The Hall–Kier alpha value is -0.180. The van der Waals surface area contributed by atoms with Crippen molar-refractivity contribution < 1.29 is 0 Å². The van der Waals surface area contributed by atoms with E-state index in [0.717, 1.165) is 23.6 Å². The van der Waals surface area contributed by atoms with Crippen LogP contribution in [0.5, 0.6) is 0 Å². The zero-order valence-corrected chi connectivity index (χ0v) is 12.2. The average molecular weight is 254 g/mol. The van der Waals surface area contributed by atoms with Crippen LogP contribution in [0.15, 0.2) is 4.99 Å². The van der Waals surface area contributed by atoms with E-state index >= 15 is 0 Å². The molecule has 1 aliphatic carbocycles. The smallest absolute Gasteiger partial charge is 0.157 e. The van der Waals surface area contributed by atoms with Crippen LogP contribution in [0.25, 0.3) is 0 Å². The topological polar surface area (TPSA) is 24.4 Å². The van der Waals surface area contributed by atoms with Crippen molar-refractivity contribution in [3.05, 3.63) is 0 Å². The summed E-state index contributed by atoms with van der Waals surface area (Å²) in [6.07, 6.45) is 6.77. The monoisotopic (exact) mass is 254 g/mol. The number of amidine groups is 1. The first kappa shape index (κ1) is 13.3. The van der Waals surface area contributed by atoms with Gasteiger partial charge in [-0.05, 0) is 31.1 Å². The quantitative estimate of drug-likeness (QED) is 0.782. The van der Waals surface area contributed by atoms with Crippen molar-refractivity contribution >= 4 is 16.9 Å². The molecule has 1 heterocycles. The molecule has 0 aromatic rings. The highest BCUT2D eigenvalue weighted by atomic mass is 32.2. The van der Waals surface area contributed by atoms with Crippen molar-refractivity contribution in [2.75, 3.05) is 6.54 Å². The van der Waals surface area contributed by atoms with E-state index < -0.39 is 0 Å². The van der Waals surface area contributed by atoms with Crippen molar-refractivity contribution in [3.63, 3.8) is 0 Å². The summed E-state index contributed by atoms with van der Waals surface area (Å²) in [6, 6.07) is 0.659. The fourth-order valence-corrected chi connectivity index (χ4v) is 3.73. The van der Waals surface area contributed by atoms with Crippen molar-refractivity contribution in [1.29, 1.82) is 0 Å². The predicted molar refractivity (Wildman–Crippen MR) is 77.7 cm³/mol. The third kappa shape index (κ3) is 4.53. The van der Waals surface area contributed by atoms with Crippen LogP contribution in [0, 0.1) is 11.8 Å². The number of hydrogen-bond acceptors (Lipinski definition) is 3. The average Bonchev–Trinajstić information content (AvgIpc) is 2.98. The summed E-state index contributed by atoms with van der Waals surface area (Å²) in [4.78, 5) is 4.65. The highest BCUT2D eigenvalue weighted by Gasteiger charge is 2.27. The number of thioether (sulfide) groups is 1. The van der Waals surface area contributed by atoms with Crippen molar-refractivity contribution in [1.82, 2.24) is 5.32 Å². The van der Waals surface area contributed by atoms with Crippen LogP contribution < -0.4 is 5.32 Å². The Morgan fingerprint density at radius 3 is 2.71 bits per heavy atom. The van der Waals surface area contributed by atoms with E-state index in [0.29, 0.717) is 6.04 Å². The van der Waals surface area contributed by atoms with Crippen LogP contribution >= 0.6 is 11.8 Å². The minimum atomic E-state index is 0.659. The molecular weight excluding hydrogens is 228 g/mol. The van der Waals surface area contributed by atoms with Gasteiger partial charge in [0, 0.05) is 11.3 Å². The zero-order chi connectivity index (χ0) is 12.3. The van der Waals surface area contributed by atoms with E-state index in [1.165, 1.54) is 37.3 Å². The molecular formula is C14H26N2S. The first-order chi connectivity index (χ1) is 8.17. The van der Waals surface area contributed by atoms with Gasteiger partial charge >= 0.3 is 0 Å². The van der Waals surface area contributed by atoms with Gasteiger partial charge in [0.05, 0.1) is 6.54 Å². The maximum absolute atomic E-state index is 4.65. The maximum atomic E-state index is 4.65. The summed E-state index contributed by atoms with van der Waals surface area (Å²) in [5.74, 6) is 1.79. The molecule has 1 fully saturated rings. The molecule has 98 valence electrons. The van der Waals surface area contributed by atoms with Gasteiger partial charge in [0.2, 0.25) is 0 Å². The van der Waals surface area contributed by atoms with E-state index in [1.807, 2.05) is 11.8 Å². The molecule has 1 saturated carbocycles. The molecule has 0 spiro atoms. The van der Waals surface area contributed by atoms with E-state index in [4.69, 9.17) is 0 Å². The fourth-order valence-electron chi connectivity index (χ4n) is 2.40. The first-order valence-corrected chi connectivity index (χ1v) is 8.03. The zero-order valence-electron chi connectivity index (χ0n) is 11.4. The Kier molecular flexibility index (Phi) is 4.78. The van der Waals surface area contributed by atoms with Gasteiger partial charge in [-0.25, -0.2) is 0 Å². The van der Waals surface area contributed by atoms with Gasteiger partial charge in [0.25, 0.3) is 0 Å². The minimum absolute atomic E-state index is 0.659. The first-order valence-electron chi connectivity index (χ1n) is 7.15. The van der Waals surface area contributed by atoms with Crippen LogP contribution in [-0.2, 0) is 0 Å². The van der Waals surface area contributed by atoms with Gasteiger partial charge < -0.3 is 5.32 Å². The summed E-state index contributed by atoms with van der Waals surface area (Å²) < 4.78 is 0. The fraction of sp³-hybridized carbons (Fsp3) is 0.929. The van der Waals surface area contributed by atoms with Crippen LogP contribution in [0.1, 0.15) is 52.9 Å². The third-order valence-electron chi connectivity index (χ3n) is 3.59. The van der Waals surface area contributed by atoms with Gasteiger partial charge in [-0.2, -0.15) is 0 Å². The Bertz CT molecular complexity index is 271. The molecule has 3 heteroatoms. The predicted octanol–water partition coefficient (Wildman–Crippen LogP) is 3.67. The third-order valence-corrected chi connectivity index (χ3v) is 4.73. The molecule has 0 saturated heterocycles. The summed E-state index contributed by atoms with van der Waals surface area (Å²) in [5, 5.41) is 5.58. The minimum Gasteiger partial charge on any atom is -0.362 e. The lowest BCUT2D eigenvalue weighted by atomic mass is 10.1. The molecule has 0 aromatic heterocycles. The second-order valence-electron chi connectivity index (χ2n) is 5.94. The molecule has 2 aliphatic rings. The Balaban J connectivity index is 1.71. The lowest BCUT2D eigenvalue weighted by molar-refractivity contribution is 0.513. The molecule has 2 rings (SSSR count). The lowest BCUT2D eigenvalue weighted by Crippen LogP contribution is -2.32. The SMILES string of the molecule is CCC(CC1CC1)NC1=NCC(CC(C)C)S1. The van der Waals surface area contributed by atoms with Gasteiger partial charge in [-0.3, -0.25) is 4.99 Å². The Labute approximate surface area is 110 Å². The van der Waals surface area contributed by atoms with Gasteiger partial charge in [-0.15, -0.1) is 0 Å². The van der Waals surface area contributed by atoms with Crippen LogP contribution in [0.3, 0.4) is 0 Å². The van der Waals surface area contributed by atoms with Gasteiger partial charge in [-0.1, -0.05) is 45.4 Å². The molecule has 0 radical (unpaired) electrons. The highest BCUT2D eigenvalue weighted by molar-refractivity contribution is 8.14. The van der Waals surface area contributed by atoms with Crippen molar-refractivity contribution in [2.24, 2.45) is 16.8 Å². The van der Waals surface area contributed by atoms with E-state index in [9.17, 15) is 0 Å². The van der Waals surface area contributed by atoms with Crippen molar-refractivity contribution in [2.45, 2.75) is 64.2 Å². The standard InChI is InChI=1S/C14H26N2S/c1-4-12(8-11-5-6-11)16-14-15-9-13(17-14)7-10(2)3/h10-13H,4-9H2,1-3H3,(H,15,16). The molecule has 17 heavy (non-hydrogen) atoms. The molecule has 2 atom stereocenters. The number of hydrogen-bond donors (Lipinski definition) is 1. The molecule has 1 aliphatic heterocycles. The number of nitrogens with zero attached hydrogens (tertiary/aromatic N) is 1. The summed E-state index contributed by atoms with van der Waals surface area (Å²) >= 11 is 1.97. The maximum Gasteiger partial charge on any atom is 0.157 e. The molecule has 1 N–H and O–H groups in total. The summed E-state index contributed by atoms with van der Waals surface area (Å²) in [6.45, 7) is 7.90. The Morgan fingerprint density at radius 1 is 1.35 bits per heavy atom. The number of nitrogens with one attached hydrogen (secondary N) is 1. The molecule has 0 aromatic carbocycles. The molecule has 0 amide bonds. The van der Waals surface area contributed by atoms with Crippen LogP contribution in [0.2, 0.25) is 0 Å². The second kappa shape index (κ2) is 6.12. The van der Waals surface area contributed by atoms with E-state index in [1.54, 1.807) is 0 Å². The summed E-state index contributed by atoms with van der Waals surface area (Å²) in [5.41, 5.74) is 0.